The summed E-state index contributed by atoms with van der Waals surface area (Å²) in [7, 11) is -3.91. The number of benzene rings is 3. The normalized spacial score (nSPS) is 10.9. The number of hydrogen-bond acceptors (Lipinski definition) is 5. The van der Waals surface area contributed by atoms with E-state index in [0.29, 0.717) is 21.9 Å². The zero-order valence-corrected chi connectivity index (χ0v) is 18.1. The van der Waals surface area contributed by atoms with Crippen molar-refractivity contribution in [3.63, 3.8) is 0 Å². The number of nitriles is 1. The predicted molar refractivity (Wildman–Crippen MR) is 119 cm³/mol. The first-order valence-corrected chi connectivity index (χ1v) is 11.9. The standard InChI is InChI=1S/C22H17ClN2O3S2/c23-20-7-9-21(10-8-20)29-14-17-4-2-6-19(12-17)22(26)25-30(27,28)15-18-5-1-3-16(11-18)13-24/h1-12H,14-15H2,(H,25,26). The lowest BCUT2D eigenvalue weighted by Crippen LogP contribution is -2.31. The van der Waals surface area contributed by atoms with Gasteiger partial charge >= 0.3 is 0 Å². The maximum atomic E-state index is 12.5. The van der Waals surface area contributed by atoms with Gasteiger partial charge in [0.2, 0.25) is 10.0 Å². The van der Waals surface area contributed by atoms with E-state index < -0.39 is 15.9 Å². The van der Waals surface area contributed by atoms with Crippen molar-refractivity contribution >= 4 is 39.3 Å². The molecule has 1 N–H and O–H groups in total. The Kier molecular flexibility index (Phi) is 7.16. The minimum Gasteiger partial charge on any atom is -0.268 e. The van der Waals surface area contributed by atoms with E-state index in [1.54, 1.807) is 48.2 Å². The molecular formula is C22H17ClN2O3S2. The molecule has 8 heteroatoms. The van der Waals surface area contributed by atoms with Crippen LogP contribution < -0.4 is 4.72 Å². The molecule has 5 nitrogen and oxygen atoms in total. The second-order valence-electron chi connectivity index (χ2n) is 6.45. The van der Waals surface area contributed by atoms with Gasteiger partial charge in [-0.25, -0.2) is 13.1 Å². The molecule has 30 heavy (non-hydrogen) atoms. The molecule has 0 heterocycles. The van der Waals surface area contributed by atoms with Crippen molar-refractivity contribution in [2.24, 2.45) is 0 Å². The number of hydrogen-bond donors (Lipinski definition) is 1. The van der Waals surface area contributed by atoms with Crippen LogP contribution in [0.25, 0.3) is 0 Å². The Bertz CT molecular complexity index is 1200. The van der Waals surface area contributed by atoms with Crippen molar-refractivity contribution in [2.75, 3.05) is 0 Å². The maximum absolute atomic E-state index is 12.5. The lowest BCUT2D eigenvalue weighted by Gasteiger charge is -2.09. The summed E-state index contributed by atoms with van der Waals surface area (Å²) in [6, 6.07) is 22.5. The Labute approximate surface area is 184 Å². The number of rotatable bonds is 7. The molecule has 0 spiro atoms. The van der Waals surface area contributed by atoms with E-state index in [4.69, 9.17) is 16.9 Å². The molecule has 0 saturated heterocycles. The topological polar surface area (TPSA) is 87.0 Å². The molecule has 0 fully saturated rings. The molecule has 0 aliphatic carbocycles. The second kappa shape index (κ2) is 9.81. The Hall–Kier alpha value is -2.79. The molecule has 0 atom stereocenters. The van der Waals surface area contributed by atoms with Gasteiger partial charge in [0.1, 0.15) is 0 Å². The Morgan fingerprint density at radius 3 is 2.43 bits per heavy atom. The molecule has 0 unspecified atom stereocenters. The van der Waals surface area contributed by atoms with Gasteiger partial charge in [0.15, 0.2) is 0 Å². The molecule has 0 saturated carbocycles. The van der Waals surface area contributed by atoms with Crippen LogP contribution in [0.1, 0.15) is 27.0 Å². The lowest BCUT2D eigenvalue weighted by atomic mass is 10.1. The van der Waals surface area contributed by atoms with E-state index in [9.17, 15) is 13.2 Å². The minimum atomic E-state index is -3.91. The third kappa shape index (κ3) is 6.36. The molecule has 3 aromatic carbocycles. The van der Waals surface area contributed by atoms with Gasteiger partial charge in [0.25, 0.3) is 5.91 Å². The van der Waals surface area contributed by atoms with Crippen LogP contribution in [0.15, 0.2) is 77.7 Å². The molecule has 0 aliphatic heterocycles. The highest BCUT2D eigenvalue weighted by molar-refractivity contribution is 7.98. The summed E-state index contributed by atoms with van der Waals surface area (Å²) in [5.41, 5.74) is 1.95. The van der Waals surface area contributed by atoms with Crippen LogP contribution in [0.2, 0.25) is 5.02 Å². The highest BCUT2D eigenvalue weighted by Gasteiger charge is 2.17. The van der Waals surface area contributed by atoms with Crippen molar-refractivity contribution in [3.8, 4) is 6.07 Å². The monoisotopic (exact) mass is 456 g/mol. The fraction of sp³-hybridized carbons (Fsp3) is 0.0909. The van der Waals surface area contributed by atoms with E-state index in [-0.39, 0.29) is 11.3 Å². The SMILES string of the molecule is N#Cc1cccc(CS(=O)(=O)NC(=O)c2cccc(CSc3ccc(Cl)cc3)c2)c1. The first kappa shape index (κ1) is 21.9. The smallest absolute Gasteiger partial charge is 0.264 e. The van der Waals surface area contributed by atoms with Gasteiger partial charge in [-0.2, -0.15) is 5.26 Å². The number of halogens is 1. The number of carbonyl (C=O) groups excluding carboxylic acids is 1. The van der Waals surface area contributed by atoms with Gasteiger partial charge in [0.05, 0.1) is 17.4 Å². The molecule has 0 bridgehead atoms. The summed E-state index contributed by atoms with van der Waals surface area (Å²) in [4.78, 5) is 13.5. The molecule has 0 aliphatic rings. The van der Waals surface area contributed by atoms with Crippen LogP contribution >= 0.6 is 23.4 Å². The molecule has 0 radical (unpaired) electrons. The Morgan fingerprint density at radius 1 is 1.00 bits per heavy atom. The van der Waals surface area contributed by atoms with Gasteiger partial charge in [0, 0.05) is 21.2 Å². The van der Waals surface area contributed by atoms with Crippen molar-refractivity contribution in [3.05, 3.63) is 100 Å². The van der Waals surface area contributed by atoms with Gasteiger partial charge in [-0.05, 0) is 59.7 Å². The number of sulfonamides is 1. The maximum Gasteiger partial charge on any atom is 0.264 e. The number of thioether (sulfide) groups is 1. The zero-order chi connectivity index (χ0) is 21.6. The Morgan fingerprint density at radius 2 is 1.70 bits per heavy atom. The average Bonchev–Trinajstić information content (AvgIpc) is 2.73. The number of nitrogens with one attached hydrogen (secondary N) is 1. The number of carbonyl (C=O) groups is 1. The van der Waals surface area contributed by atoms with Crippen molar-refractivity contribution in [2.45, 2.75) is 16.4 Å². The molecule has 3 aromatic rings. The van der Waals surface area contributed by atoms with Crippen LogP contribution in [0.3, 0.4) is 0 Å². The molecule has 152 valence electrons. The van der Waals surface area contributed by atoms with Crippen LogP contribution in [-0.2, 0) is 21.5 Å². The quantitative estimate of drug-likeness (QED) is 0.518. The molecule has 1 amide bonds. The Balaban J connectivity index is 1.65. The van der Waals surface area contributed by atoms with Crippen LogP contribution in [0.5, 0.6) is 0 Å². The summed E-state index contributed by atoms with van der Waals surface area (Å²) >= 11 is 7.47. The van der Waals surface area contributed by atoms with E-state index in [0.717, 1.165) is 10.5 Å². The summed E-state index contributed by atoms with van der Waals surface area (Å²) < 4.78 is 26.8. The number of nitrogens with zero attached hydrogens (tertiary/aromatic N) is 1. The lowest BCUT2D eigenvalue weighted by molar-refractivity contribution is 0.0981. The first-order valence-electron chi connectivity index (χ1n) is 8.86. The van der Waals surface area contributed by atoms with E-state index in [1.807, 2.05) is 36.4 Å². The van der Waals surface area contributed by atoms with E-state index >= 15 is 0 Å². The fourth-order valence-electron chi connectivity index (χ4n) is 2.69. The van der Waals surface area contributed by atoms with Gasteiger partial charge in [-0.3, -0.25) is 4.79 Å². The molecule has 3 rings (SSSR count). The highest BCUT2D eigenvalue weighted by Crippen LogP contribution is 2.24. The van der Waals surface area contributed by atoms with Crippen molar-refractivity contribution < 1.29 is 13.2 Å². The van der Waals surface area contributed by atoms with Gasteiger partial charge in [-0.15, -0.1) is 11.8 Å². The van der Waals surface area contributed by atoms with Crippen LogP contribution in [0, 0.1) is 11.3 Å². The zero-order valence-electron chi connectivity index (χ0n) is 15.7. The van der Waals surface area contributed by atoms with E-state index in [2.05, 4.69) is 4.72 Å². The van der Waals surface area contributed by atoms with E-state index in [1.165, 1.54) is 6.07 Å². The highest BCUT2D eigenvalue weighted by atomic mass is 35.5. The molecular weight excluding hydrogens is 440 g/mol. The average molecular weight is 457 g/mol. The first-order chi connectivity index (χ1) is 14.3. The van der Waals surface area contributed by atoms with Crippen molar-refractivity contribution in [1.82, 2.24) is 4.72 Å². The minimum absolute atomic E-state index is 0.263. The number of amides is 1. The van der Waals surface area contributed by atoms with Crippen molar-refractivity contribution in [1.29, 1.82) is 5.26 Å². The van der Waals surface area contributed by atoms with Crippen LogP contribution in [0.4, 0.5) is 0 Å². The second-order valence-corrected chi connectivity index (χ2v) is 9.65. The largest absolute Gasteiger partial charge is 0.268 e. The summed E-state index contributed by atoms with van der Waals surface area (Å²) in [6.45, 7) is 0. The molecule has 0 aromatic heterocycles. The predicted octanol–water partition coefficient (Wildman–Crippen LogP) is 4.76. The van der Waals surface area contributed by atoms with Gasteiger partial charge in [-0.1, -0.05) is 35.9 Å². The van der Waals surface area contributed by atoms with Crippen LogP contribution in [-0.4, -0.2) is 14.3 Å². The summed E-state index contributed by atoms with van der Waals surface area (Å²) in [5.74, 6) is -0.457. The third-order valence-corrected chi connectivity index (χ3v) is 6.61. The fourth-order valence-corrected chi connectivity index (χ4v) is 4.74. The third-order valence-electron chi connectivity index (χ3n) is 4.07. The summed E-state index contributed by atoms with van der Waals surface area (Å²) in [6.07, 6.45) is 0. The van der Waals surface area contributed by atoms with Gasteiger partial charge < -0.3 is 0 Å². The summed E-state index contributed by atoms with van der Waals surface area (Å²) in [5, 5.41) is 9.60.